The van der Waals surface area contributed by atoms with Gasteiger partial charge in [-0.2, -0.15) is 0 Å². The molecule has 4 atom stereocenters. The zero-order valence-electron chi connectivity index (χ0n) is 20.6. The molecule has 0 bridgehead atoms. The molecule has 4 unspecified atom stereocenters. The Morgan fingerprint density at radius 3 is 2.51 bits per heavy atom. The predicted octanol–water partition coefficient (Wildman–Crippen LogP) is 0.732. The Bertz CT molecular complexity index is 1040. The number of nitrogens with zero attached hydrogens (tertiary/aromatic N) is 1. The number of sulfonamides is 1. The molecule has 4 aliphatic rings. The van der Waals surface area contributed by atoms with Crippen molar-refractivity contribution in [2.24, 2.45) is 11.3 Å². The summed E-state index contributed by atoms with van der Waals surface area (Å²) in [4.78, 5) is 54.2. The summed E-state index contributed by atoms with van der Waals surface area (Å²) in [5, 5.41) is 5.14. The third kappa shape index (κ3) is 5.39. The van der Waals surface area contributed by atoms with Crippen LogP contribution in [0.5, 0.6) is 0 Å². The molecule has 11 heteroatoms. The van der Waals surface area contributed by atoms with E-state index in [1.807, 2.05) is 32.9 Å². The van der Waals surface area contributed by atoms with Crippen LogP contribution in [0.2, 0.25) is 0 Å². The highest BCUT2D eigenvalue weighted by Crippen LogP contribution is 2.46. The standard InChI is InChI=1S/C24H36N4O6S/c1-23(2,3)19-21(31)28-13-7-9-17(28)20(30)26-24(22(32)27-35(33,34)16-11-12-16)14-15(24)8-5-4-6-10-18(29)25-19/h5,8,15-17,19H,4,6-7,9-14H2,1-3H3,(H,25,29)(H,26,30)(H,27,32). The van der Waals surface area contributed by atoms with Gasteiger partial charge in [0.1, 0.15) is 17.6 Å². The van der Waals surface area contributed by atoms with Gasteiger partial charge in [0.25, 0.3) is 5.91 Å². The quantitative estimate of drug-likeness (QED) is 0.480. The summed E-state index contributed by atoms with van der Waals surface area (Å²) in [5.74, 6) is -2.09. The largest absolute Gasteiger partial charge is 0.344 e. The first-order chi connectivity index (χ1) is 16.3. The van der Waals surface area contributed by atoms with E-state index in [-0.39, 0.29) is 30.6 Å². The van der Waals surface area contributed by atoms with Crippen molar-refractivity contribution < 1.29 is 27.6 Å². The van der Waals surface area contributed by atoms with Gasteiger partial charge in [-0.05, 0) is 50.4 Å². The second-order valence-electron chi connectivity index (χ2n) is 11.3. The lowest BCUT2D eigenvalue weighted by Gasteiger charge is -2.35. The smallest absolute Gasteiger partial charge is 0.259 e. The fraction of sp³-hybridized carbons (Fsp3) is 0.750. The first-order valence-electron chi connectivity index (χ1n) is 12.5. The topological polar surface area (TPSA) is 142 Å². The molecule has 3 N–H and O–H groups in total. The second kappa shape index (κ2) is 9.22. The van der Waals surface area contributed by atoms with Gasteiger partial charge >= 0.3 is 0 Å². The van der Waals surface area contributed by atoms with Crippen molar-refractivity contribution >= 4 is 33.7 Å². The molecular weight excluding hydrogens is 472 g/mol. The van der Waals surface area contributed by atoms with E-state index in [1.165, 1.54) is 4.90 Å². The van der Waals surface area contributed by atoms with E-state index in [0.717, 1.165) is 0 Å². The lowest BCUT2D eigenvalue weighted by molar-refractivity contribution is -0.144. The third-order valence-electron chi connectivity index (χ3n) is 7.36. The first-order valence-corrected chi connectivity index (χ1v) is 14.0. The van der Waals surface area contributed by atoms with Gasteiger partial charge < -0.3 is 15.5 Å². The van der Waals surface area contributed by atoms with Crippen molar-refractivity contribution in [3.05, 3.63) is 12.2 Å². The summed E-state index contributed by atoms with van der Waals surface area (Å²) < 4.78 is 27.0. The van der Waals surface area contributed by atoms with Crippen LogP contribution in [0.4, 0.5) is 0 Å². The van der Waals surface area contributed by atoms with Crippen LogP contribution in [0.25, 0.3) is 0 Å². The van der Waals surface area contributed by atoms with Crippen LogP contribution in [0, 0.1) is 11.3 Å². The summed E-state index contributed by atoms with van der Waals surface area (Å²) in [5.41, 5.74) is -1.92. The number of carbonyl (C=O) groups excluding carboxylic acids is 4. The molecular formula is C24H36N4O6S. The minimum atomic E-state index is -3.77. The zero-order valence-corrected chi connectivity index (χ0v) is 21.4. The highest BCUT2D eigenvalue weighted by Gasteiger charge is 2.62. The van der Waals surface area contributed by atoms with Gasteiger partial charge in [-0.25, -0.2) is 8.42 Å². The van der Waals surface area contributed by atoms with E-state index >= 15 is 0 Å². The maximum Gasteiger partial charge on any atom is 0.259 e. The summed E-state index contributed by atoms with van der Waals surface area (Å²) in [7, 11) is -3.77. The minimum absolute atomic E-state index is 0.216. The van der Waals surface area contributed by atoms with Crippen LogP contribution in [0.3, 0.4) is 0 Å². The van der Waals surface area contributed by atoms with E-state index < -0.39 is 50.1 Å². The van der Waals surface area contributed by atoms with Gasteiger partial charge in [-0.15, -0.1) is 0 Å². The molecule has 35 heavy (non-hydrogen) atoms. The van der Waals surface area contributed by atoms with Crippen LogP contribution in [0.15, 0.2) is 12.2 Å². The Hall–Kier alpha value is -2.43. The van der Waals surface area contributed by atoms with Gasteiger partial charge in [0.15, 0.2) is 0 Å². The van der Waals surface area contributed by atoms with Crippen LogP contribution in [-0.2, 0) is 29.2 Å². The number of carbonyl (C=O) groups is 4. The molecule has 2 heterocycles. The van der Waals surface area contributed by atoms with Crippen molar-refractivity contribution in [3.8, 4) is 0 Å². The Balaban J connectivity index is 1.61. The molecule has 2 aliphatic carbocycles. The average Bonchev–Trinajstić information content (AvgIpc) is 3.67. The molecule has 194 valence electrons. The summed E-state index contributed by atoms with van der Waals surface area (Å²) in [6, 6.07) is -1.58. The molecule has 0 aromatic heterocycles. The summed E-state index contributed by atoms with van der Waals surface area (Å²) >= 11 is 0. The van der Waals surface area contributed by atoms with E-state index in [0.29, 0.717) is 45.1 Å². The maximum absolute atomic E-state index is 13.5. The van der Waals surface area contributed by atoms with E-state index in [4.69, 9.17) is 0 Å². The fourth-order valence-corrected chi connectivity index (χ4v) is 6.32. The SMILES string of the molecule is CC(C)(C)C1NC(=O)CCCC=CC2CC2(C(=O)NS(=O)(=O)C2CC2)NC(=O)C2CCCN2C1=O. The average molecular weight is 509 g/mol. The van der Waals surface area contributed by atoms with Gasteiger partial charge in [0.05, 0.1) is 5.25 Å². The Kier molecular flexibility index (Phi) is 6.76. The van der Waals surface area contributed by atoms with E-state index in [2.05, 4.69) is 15.4 Å². The monoisotopic (exact) mass is 508 g/mol. The number of nitrogens with one attached hydrogen (secondary N) is 3. The van der Waals surface area contributed by atoms with Gasteiger partial charge in [-0.3, -0.25) is 23.9 Å². The maximum atomic E-state index is 13.5. The number of fused-ring (bicyclic) bond motifs is 2. The zero-order chi connectivity index (χ0) is 25.6. The lowest BCUT2D eigenvalue weighted by atomic mass is 9.85. The lowest BCUT2D eigenvalue weighted by Crippen LogP contribution is -2.60. The number of rotatable bonds is 3. The summed E-state index contributed by atoms with van der Waals surface area (Å²) in [6.07, 6.45) is 7.45. The highest BCUT2D eigenvalue weighted by molar-refractivity contribution is 7.91. The number of allylic oxidation sites excluding steroid dienone is 1. The Morgan fingerprint density at radius 2 is 1.86 bits per heavy atom. The predicted molar refractivity (Wildman–Crippen MR) is 128 cm³/mol. The molecule has 0 radical (unpaired) electrons. The molecule has 0 aromatic rings. The van der Waals surface area contributed by atoms with Crippen molar-refractivity contribution in [1.82, 2.24) is 20.3 Å². The third-order valence-corrected chi connectivity index (χ3v) is 9.18. The fourth-order valence-electron chi connectivity index (χ4n) is 4.96. The molecule has 4 rings (SSSR count). The van der Waals surface area contributed by atoms with Crippen LogP contribution in [-0.4, -0.2) is 66.4 Å². The second-order valence-corrected chi connectivity index (χ2v) is 13.3. The minimum Gasteiger partial charge on any atom is -0.344 e. The van der Waals surface area contributed by atoms with Crippen LogP contribution >= 0.6 is 0 Å². The molecule has 2 aliphatic heterocycles. The van der Waals surface area contributed by atoms with Crippen molar-refractivity contribution in [2.75, 3.05) is 6.54 Å². The van der Waals surface area contributed by atoms with Crippen molar-refractivity contribution in [1.29, 1.82) is 0 Å². The molecule has 0 spiro atoms. The van der Waals surface area contributed by atoms with Gasteiger partial charge in [-0.1, -0.05) is 32.9 Å². The van der Waals surface area contributed by atoms with Gasteiger partial charge in [0, 0.05) is 18.9 Å². The number of hydrogen-bond acceptors (Lipinski definition) is 6. The molecule has 4 amide bonds. The van der Waals surface area contributed by atoms with Crippen LogP contribution < -0.4 is 15.4 Å². The molecule has 2 saturated carbocycles. The molecule has 1 saturated heterocycles. The van der Waals surface area contributed by atoms with Crippen molar-refractivity contribution in [3.63, 3.8) is 0 Å². The Morgan fingerprint density at radius 1 is 1.14 bits per heavy atom. The van der Waals surface area contributed by atoms with Crippen molar-refractivity contribution in [2.45, 2.75) is 95.0 Å². The number of hydrogen-bond donors (Lipinski definition) is 3. The van der Waals surface area contributed by atoms with Crippen LogP contribution in [0.1, 0.15) is 72.1 Å². The Labute approximate surface area is 206 Å². The van der Waals surface area contributed by atoms with E-state index in [1.54, 1.807) is 0 Å². The molecule has 0 aromatic carbocycles. The summed E-state index contributed by atoms with van der Waals surface area (Å²) in [6.45, 7) is 5.98. The molecule has 10 nitrogen and oxygen atoms in total. The highest BCUT2D eigenvalue weighted by atomic mass is 32.2. The van der Waals surface area contributed by atoms with E-state index in [9.17, 15) is 27.6 Å². The first kappa shape index (κ1) is 25.7. The van der Waals surface area contributed by atoms with Gasteiger partial charge in [0.2, 0.25) is 27.7 Å². The number of amides is 4. The normalized spacial score (nSPS) is 32.5. The molecule has 3 fully saturated rings.